The van der Waals surface area contributed by atoms with Gasteiger partial charge in [0.1, 0.15) is 0 Å². The summed E-state index contributed by atoms with van der Waals surface area (Å²) in [7, 11) is 0. The van der Waals surface area contributed by atoms with Crippen molar-refractivity contribution in [3.8, 4) is 0 Å². The number of hydrogen-bond donors (Lipinski definition) is 0. The highest BCUT2D eigenvalue weighted by molar-refractivity contribution is 5.52. The number of aryl methyl sites for hydroxylation is 3. The summed E-state index contributed by atoms with van der Waals surface area (Å²) < 4.78 is 0. The molecule has 2 aromatic carbocycles. The molecule has 0 fully saturated rings. The van der Waals surface area contributed by atoms with Gasteiger partial charge in [0.15, 0.2) is 0 Å². The average Bonchev–Trinajstić information content (AvgIpc) is 2.54. The molecular formula is C22H28. The lowest BCUT2D eigenvalue weighted by molar-refractivity contribution is 0.794. The first kappa shape index (κ1) is 18.0. The third-order valence-electron chi connectivity index (χ3n) is 3.72. The second-order valence-electron chi connectivity index (χ2n) is 5.57. The summed E-state index contributed by atoms with van der Waals surface area (Å²) in [5.74, 6) is 0. The van der Waals surface area contributed by atoms with Crippen LogP contribution < -0.4 is 0 Å². The molecule has 0 unspecified atom stereocenters. The van der Waals surface area contributed by atoms with Crippen molar-refractivity contribution in [3.05, 3.63) is 83.4 Å². The van der Waals surface area contributed by atoms with E-state index in [-0.39, 0.29) is 0 Å². The van der Waals surface area contributed by atoms with Crippen LogP contribution in [-0.2, 0) is 6.42 Å². The predicted octanol–water partition coefficient (Wildman–Crippen LogP) is 6.62. The van der Waals surface area contributed by atoms with Crippen molar-refractivity contribution in [1.82, 2.24) is 0 Å². The highest BCUT2D eigenvalue weighted by atomic mass is 14.0. The van der Waals surface area contributed by atoms with Crippen LogP contribution in [0.3, 0.4) is 0 Å². The van der Waals surface area contributed by atoms with Gasteiger partial charge in [0, 0.05) is 0 Å². The van der Waals surface area contributed by atoms with Gasteiger partial charge in [-0.2, -0.15) is 0 Å². The molecule has 22 heavy (non-hydrogen) atoms. The Kier molecular flexibility index (Phi) is 7.99. The minimum Gasteiger partial charge on any atom is -0.0985 e. The van der Waals surface area contributed by atoms with Gasteiger partial charge < -0.3 is 0 Å². The lowest BCUT2D eigenvalue weighted by Gasteiger charge is -2.03. The first-order valence-electron chi connectivity index (χ1n) is 8.02. The van der Waals surface area contributed by atoms with Crippen molar-refractivity contribution in [2.45, 2.75) is 40.0 Å². The Morgan fingerprint density at radius 3 is 2.18 bits per heavy atom. The van der Waals surface area contributed by atoms with Gasteiger partial charge in [-0.05, 0) is 48.9 Å². The van der Waals surface area contributed by atoms with E-state index >= 15 is 0 Å². The molecule has 0 bridgehead atoms. The Balaban J connectivity index is 0.000000224. The first-order chi connectivity index (χ1) is 10.6. The molecule has 2 aromatic rings. The van der Waals surface area contributed by atoms with Crippen molar-refractivity contribution < 1.29 is 0 Å². The monoisotopic (exact) mass is 292 g/mol. The molecule has 116 valence electrons. The van der Waals surface area contributed by atoms with Crippen LogP contribution in [0.15, 0.2) is 55.6 Å². The van der Waals surface area contributed by atoms with E-state index in [1.807, 2.05) is 12.2 Å². The fourth-order valence-corrected chi connectivity index (χ4v) is 2.38. The van der Waals surface area contributed by atoms with Crippen LogP contribution in [-0.4, -0.2) is 0 Å². The molecule has 0 heteroatoms. The summed E-state index contributed by atoms with van der Waals surface area (Å²) in [5, 5.41) is 0. The van der Waals surface area contributed by atoms with E-state index in [1.165, 1.54) is 47.1 Å². The molecule has 0 saturated heterocycles. The molecule has 0 amide bonds. The second-order valence-corrected chi connectivity index (χ2v) is 5.57. The van der Waals surface area contributed by atoms with E-state index in [9.17, 15) is 0 Å². The van der Waals surface area contributed by atoms with Crippen molar-refractivity contribution in [3.63, 3.8) is 0 Å². The third-order valence-corrected chi connectivity index (χ3v) is 3.72. The maximum absolute atomic E-state index is 3.80. The summed E-state index contributed by atoms with van der Waals surface area (Å²) in [6.07, 6.45) is 7.52. The quantitative estimate of drug-likeness (QED) is 0.581. The maximum atomic E-state index is 3.80. The van der Waals surface area contributed by atoms with Crippen molar-refractivity contribution in [1.29, 1.82) is 0 Å². The van der Waals surface area contributed by atoms with Crippen LogP contribution in [0.4, 0.5) is 0 Å². The molecule has 0 aromatic heterocycles. The summed E-state index contributed by atoms with van der Waals surface area (Å²) in [6.45, 7) is 13.9. The highest BCUT2D eigenvalue weighted by Gasteiger charge is 1.95. The molecular weight excluding hydrogens is 264 g/mol. The zero-order chi connectivity index (χ0) is 16.4. The van der Waals surface area contributed by atoms with Gasteiger partial charge in [0.25, 0.3) is 0 Å². The van der Waals surface area contributed by atoms with E-state index in [4.69, 9.17) is 0 Å². The van der Waals surface area contributed by atoms with Crippen LogP contribution in [0.1, 0.15) is 47.6 Å². The molecule has 0 N–H and O–H groups in total. The fourth-order valence-electron chi connectivity index (χ4n) is 2.38. The largest absolute Gasteiger partial charge is 0.0985 e. The van der Waals surface area contributed by atoms with Gasteiger partial charge >= 0.3 is 0 Å². The molecule has 0 aliphatic carbocycles. The molecule has 0 radical (unpaired) electrons. The Labute approximate surface area is 136 Å². The molecule has 0 aliphatic heterocycles. The van der Waals surface area contributed by atoms with Crippen LogP contribution in [0.2, 0.25) is 0 Å². The van der Waals surface area contributed by atoms with E-state index < -0.39 is 0 Å². The van der Waals surface area contributed by atoms with Gasteiger partial charge in [-0.3, -0.25) is 0 Å². The zero-order valence-electron chi connectivity index (χ0n) is 14.2. The van der Waals surface area contributed by atoms with Gasteiger partial charge in [-0.25, -0.2) is 0 Å². The third kappa shape index (κ3) is 5.73. The smallest absolute Gasteiger partial charge is 0.0230 e. The lowest BCUT2D eigenvalue weighted by Crippen LogP contribution is -1.87. The Morgan fingerprint density at radius 2 is 1.59 bits per heavy atom. The number of benzene rings is 2. The fraction of sp³-hybridized carbons (Fsp3) is 0.273. The van der Waals surface area contributed by atoms with Gasteiger partial charge in [-0.1, -0.05) is 86.7 Å². The van der Waals surface area contributed by atoms with E-state index in [0.717, 1.165) is 0 Å². The van der Waals surface area contributed by atoms with Crippen molar-refractivity contribution >= 4 is 12.2 Å². The SMILES string of the molecule is C=Cc1ccc(C)cc1C.C=Cc1ccccc1CCCC. The summed E-state index contributed by atoms with van der Waals surface area (Å²) >= 11 is 0. The number of hydrogen-bond acceptors (Lipinski definition) is 0. The minimum atomic E-state index is 1.18. The first-order valence-corrected chi connectivity index (χ1v) is 8.02. The highest BCUT2D eigenvalue weighted by Crippen LogP contribution is 2.12. The van der Waals surface area contributed by atoms with Gasteiger partial charge in [0.05, 0.1) is 0 Å². The minimum absolute atomic E-state index is 1.18. The van der Waals surface area contributed by atoms with Crippen molar-refractivity contribution in [2.24, 2.45) is 0 Å². The van der Waals surface area contributed by atoms with E-state index in [2.05, 4.69) is 76.4 Å². The number of rotatable bonds is 5. The molecule has 0 nitrogen and oxygen atoms in total. The Hall–Kier alpha value is -2.08. The summed E-state index contributed by atoms with van der Waals surface area (Å²) in [4.78, 5) is 0. The van der Waals surface area contributed by atoms with Crippen molar-refractivity contribution in [2.75, 3.05) is 0 Å². The van der Waals surface area contributed by atoms with Gasteiger partial charge in [-0.15, -0.1) is 0 Å². The summed E-state index contributed by atoms with van der Waals surface area (Å²) in [6, 6.07) is 14.8. The maximum Gasteiger partial charge on any atom is -0.0230 e. The van der Waals surface area contributed by atoms with E-state index in [1.54, 1.807) is 0 Å². The van der Waals surface area contributed by atoms with Gasteiger partial charge in [0.2, 0.25) is 0 Å². The molecule has 0 heterocycles. The standard InChI is InChI=1S/C12H16.C10H12/c1-3-5-8-12-10-7-6-9-11(12)4-2;1-4-10-6-5-8(2)7-9(10)3/h4,6-7,9-10H,2-3,5,8H2,1H3;4-7H,1H2,2-3H3. The molecule has 0 saturated carbocycles. The Morgan fingerprint density at radius 1 is 0.909 bits per heavy atom. The molecule has 0 atom stereocenters. The lowest BCUT2D eigenvalue weighted by atomic mass is 10.0. The van der Waals surface area contributed by atoms with Crippen LogP contribution >= 0.6 is 0 Å². The predicted molar refractivity (Wildman–Crippen MR) is 101 cm³/mol. The second kappa shape index (κ2) is 9.78. The Bertz CT molecular complexity index is 605. The summed E-state index contributed by atoms with van der Waals surface area (Å²) in [5.41, 5.74) is 6.55. The molecule has 0 spiro atoms. The van der Waals surface area contributed by atoms with Crippen LogP contribution in [0, 0.1) is 13.8 Å². The van der Waals surface area contributed by atoms with Crippen LogP contribution in [0.25, 0.3) is 12.2 Å². The molecule has 2 rings (SSSR count). The zero-order valence-corrected chi connectivity index (χ0v) is 14.2. The average molecular weight is 292 g/mol. The molecule has 0 aliphatic rings. The normalized spacial score (nSPS) is 9.59. The van der Waals surface area contributed by atoms with E-state index in [0.29, 0.717) is 0 Å². The van der Waals surface area contributed by atoms with Crippen LogP contribution in [0.5, 0.6) is 0 Å². The topological polar surface area (TPSA) is 0 Å². The number of unbranched alkanes of at least 4 members (excludes halogenated alkanes) is 1.